The number of carbonyl (C=O) groups is 1. The Morgan fingerprint density at radius 1 is 1.16 bits per heavy atom. The Balaban J connectivity index is 2.05. The highest BCUT2D eigenvalue weighted by molar-refractivity contribution is 5.80. The Morgan fingerprint density at radius 2 is 1.89 bits per heavy atom. The van der Waals surface area contributed by atoms with E-state index in [4.69, 9.17) is 0 Å². The third kappa shape index (κ3) is 3.81. The van der Waals surface area contributed by atoms with Gasteiger partial charge in [0, 0.05) is 31.7 Å². The van der Waals surface area contributed by atoms with E-state index in [-0.39, 0.29) is 5.91 Å². The lowest BCUT2D eigenvalue weighted by molar-refractivity contribution is -0.119. The summed E-state index contributed by atoms with van der Waals surface area (Å²) in [7, 11) is 1.65. The van der Waals surface area contributed by atoms with Gasteiger partial charge in [-0.3, -0.25) is 9.78 Å². The van der Waals surface area contributed by atoms with Gasteiger partial charge in [0.1, 0.15) is 0 Å². The first kappa shape index (κ1) is 13.1. The lowest BCUT2D eigenvalue weighted by atomic mass is 10.1. The van der Waals surface area contributed by atoms with E-state index in [1.54, 1.807) is 19.4 Å². The molecule has 0 saturated heterocycles. The van der Waals surface area contributed by atoms with Crippen molar-refractivity contribution in [3.8, 4) is 0 Å². The van der Waals surface area contributed by atoms with Gasteiger partial charge in [0.25, 0.3) is 0 Å². The van der Waals surface area contributed by atoms with Gasteiger partial charge in [-0.1, -0.05) is 18.2 Å². The van der Waals surface area contributed by atoms with Gasteiger partial charge in [0.2, 0.25) is 5.91 Å². The second kappa shape index (κ2) is 6.54. The molecule has 0 aliphatic carbocycles. The van der Waals surface area contributed by atoms with Crippen molar-refractivity contribution in [2.75, 3.05) is 12.4 Å². The first-order chi connectivity index (χ1) is 9.29. The Hall–Kier alpha value is -2.36. The summed E-state index contributed by atoms with van der Waals surface area (Å²) in [6, 6.07) is 11.8. The van der Waals surface area contributed by atoms with Crippen molar-refractivity contribution in [2.24, 2.45) is 0 Å². The van der Waals surface area contributed by atoms with Crippen LogP contribution in [0.5, 0.6) is 0 Å². The summed E-state index contributed by atoms with van der Waals surface area (Å²) in [6.07, 6.45) is 3.93. The number of aromatic nitrogens is 1. The summed E-state index contributed by atoms with van der Waals surface area (Å²) in [6.45, 7) is 0.716. The number of carbonyl (C=O) groups excluding carboxylic acids is 1. The second-order valence-corrected chi connectivity index (χ2v) is 4.22. The minimum absolute atomic E-state index is 0.0122. The largest absolute Gasteiger partial charge is 0.381 e. The topological polar surface area (TPSA) is 54.0 Å². The van der Waals surface area contributed by atoms with Gasteiger partial charge < -0.3 is 10.6 Å². The molecule has 0 unspecified atom stereocenters. The molecule has 2 aromatic rings. The van der Waals surface area contributed by atoms with Crippen molar-refractivity contribution in [1.82, 2.24) is 10.3 Å². The van der Waals surface area contributed by atoms with Crippen LogP contribution in [-0.2, 0) is 17.8 Å². The van der Waals surface area contributed by atoms with E-state index >= 15 is 0 Å². The maximum Gasteiger partial charge on any atom is 0.224 e. The fourth-order valence-electron chi connectivity index (χ4n) is 1.81. The molecule has 0 aliphatic rings. The second-order valence-electron chi connectivity index (χ2n) is 4.22. The van der Waals surface area contributed by atoms with Gasteiger partial charge in [-0.25, -0.2) is 0 Å². The smallest absolute Gasteiger partial charge is 0.224 e. The number of amides is 1. The number of nitrogens with zero attached hydrogens (tertiary/aromatic N) is 1. The molecule has 0 atom stereocenters. The maximum atomic E-state index is 11.5. The normalized spacial score (nSPS) is 9.95. The lowest BCUT2D eigenvalue weighted by Gasteiger charge is -2.11. The van der Waals surface area contributed by atoms with E-state index < -0.39 is 0 Å². The minimum atomic E-state index is 0.0122. The van der Waals surface area contributed by atoms with E-state index in [9.17, 15) is 4.79 Å². The molecular weight excluding hydrogens is 238 g/mol. The standard InChI is InChI=1S/C15H17N3O/c1-16-15(19)10-13-4-2-3-5-14(13)18-11-12-6-8-17-9-7-12/h2-9,18H,10-11H2,1H3,(H,16,19). The van der Waals surface area contributed by atoms with E-state index in [1.807, 2.05) is 36.4 Å². The molecule has 4 nitrogen and oxygen atoms in total. The predicted molar refractivity (Wildman–Crippen MR) is 75.8 cm³/mol. The van der Waals surface area contributed by atoms with E-state index in [0.717, 1.165) is 16.8 Å². The monoisotopic (exact) mass is 255 g/mol. The van der Waals surface area contributed by atoms with Crippen molar-refractivity contribution >= 4 is 11.6 Å². The quantitative estimate of drug-likeness (QED) is 0.859. The summed E-state index contributed by atoms with van der Waals surface area (Å²) in [5.41, 5.74) is 3.14. The Labute approximate surface area is 112 Å². The number of pyridine rings is 1. The van der Waals surface area contributed by atoms with Crippen LogP contribution in [-0.4, -0.2) is 17.9 Å². The fraction of sp³-hybridized carbons (Fsp3) is 0.200. The number of hydrogen-bond donors (Lipinski definition) is 2. The van der Waals surface area contributed by atoms with Gasteiger partial charge in [-0.05, 0) is 29.3 Å². The SMILES string of the molecule is CNC(=O)Cc1ccccc1NCc1ccncc1. The predicted octanol–water partition coefficient (Wildman–Crippen LogP) is 1.98. The molecule has 0 saturated carbocycles. The van der Waals surface area contributed by atoms with Crippen molar-refractivity contribution in [3.05, 3.63) is 59.9 Å². The zero-order valence-corrected chi connectivity index (χ0v) is 10.9. The van der Waals surface area contributed by atoms with Crippen LogP contribution < -0.4 is 10.6 Å². The van der Waals surface area contributed by atoms with Gasteiger partial charge in [0.05, 0.1) is 6.42 Å². The summed E-state index contributed by atoms with van der Waals surface area (Å²) in [5.74, 6) is 0.0122. The number of likely N-dealkylation sites (N-methyl/N-ethyl adjacent to an activating group) is 1. The molecule has 19 heavy (non-hydrogen) atoms. The third-order valence-electron chi connectivity index (χ3n) is 2.88. The van der Waals surface area contributed by atoms with Gasteiger partial charge >= 0.3 is 0 Å². The number of rotatable bonds is 5. The van der Waals surface area contributed by atoms with Gasteiger partial charge in [-0.2, -0.15) is 0 Å². The highest BCUT2D eigenvalue weighted by atomic mass is 16.1. The van der Waals surface area contributed by atoms with E-state index in [1.165, 1.54) is 0 Å². The molecule has 1 aromatic carbocycles. The summed E-state index contributed by atoms with van der Waals surface area (Å²) >= 11 is 0. The van der Waals surface area contributed by atoms with Crippen LogP contribution >= 0.6 is 0 Å². The van der Waals surface area contributed by atoms with E-state index in [2.05, 4.69) is 15.6 Å². The molecule has 0 radical (unpaired) electrons. The lowest BCUT2D eigenvalue weighted by Crippen LogP contribution is -2.20. The van der Waals surface area contributed by atoms with Crippen LogP contribution in [0.2, 0.25) is 0 Å². The summed E-state index contributed by atoms with van der Waals surface area (Å²) in [5, 5.41) is 5.99. The average Bonchev–Trinajstić information content (AvgIpc) is 2.47. The van der Waals surface area contributed by atoms with Crippen LogP contribution in [0.1, 0.15) is 11.1 Å². The molecule has 0 fully saturated rings. The van der Waals surface area contributed by atoms with Gasteiger partial charge in [-0.15, -0.1) is 0 Å². The van der Waals surface area contributed by atoms with Crippen molar-refractivity contribution < 1.29 is 4.79 Å². The number of para-hydroxylation sites is 1. The highest BCUT2D eigenvalue weighted by Gasteiger charge is 2.05. The molecule has 0 bridgehead atoms. The Kier molecular flexibility index (Phi) is 4.50. The van der Waals surface area contributed by atoms with Crippen LogP contribution in [0, 0.1) is 0 Å². The van der Waals surface area contributed by atoms with Crippen LogP contribution in [0.25, 0.3) is 0 Å². The van der Waals surface area contributed by atoms with Crippen molar-refractivity contribution in [1.29, 1.82) is 0 Å². The third-order valence-corrected chi connectivity index (χ3v) is 2.88. The molecule has 4 heteroatoms. The van der Waals surface area contributed by atoms with Crippen molar-refractivity contribution in [3.63, 3.8) is 0 Å². The summed E-state index contributed by atoms with van der Waals surface area (Å²) < 4.78 is 0. The average molecular weight is 255 g/mol. The number of nitrogens with one attached hydrogen (secondary N) is 2. The van der Waals surface area contributed by atoms with Crippen LogP contribution in [0.15, 0.2) is 48.8 Å². The zero-order valence-electron chi connectivity index (χ0n) is 10.9. The Morgan fingerprint density at radius 3 is 2.63 bits per heavy atom. The number of anilines is 1. The summed E-state index contributed by atoms with van der Waals surface area (Å²) in [4.78, 5) is 15.4. The first-order valence-corrected chi connectivity index (χ1v) is 6.21. The van der Waals surface area contributed by atoms with Crippen LogP contribution in [0.3, 0.4) is 0 Å². The van der Waals surface area contributed by atoms with Crippen LogP contribution in [0.4, 0.5) is 5.69 Å². The molecule has 98 valence electrons. The number of benzene rings is 1. The zero-order chi connectivity index (χ0) is 13.5. The highest BCUT2D eigenvalue weighted by Crippen LogP contribution is 2.16. The molecule has 2 rings (SSSR count). The molecule has 0 aliphatic heterocycles. The Bertz CT molecular complexity index is 540. The number of hydrogen-bond acceptors (Lipinski definition) is 3. The molecule has 0 spiro atoms. The molecule has 1 amide bonds. The molecule has 2 N–H and O–H groups in total. The molecular formula is C15H17N3O. The van der Waals surface area contributed by atoms with Crippen molar-refractivity contribution in [2.45, 2.75) is 13.0 Å². The fourth-order valence-corrected chi connectivity index (χ4v) is 1.81. The van der Waals surface area contributed by atoms with E-state index in [0.29, 0.717) is 13.0 Å². The maximum absolute atomic E-state index is 11.5. The first-order valence-electron chi connectivity index (χ1n) is 6.21. The minimum Gasteiger partial charge on any atom is -0.381 e. The molecule has 1 aromatic heterocycles. The molecule has 1 heterocycles. The van der Waals surface area contributed by atoms with Gasteiger partial charge in [0.15, 0.2) is 0 Å².